The molecule has 3 rings (SSSR count). The third-order valence-electron chi connectivity index (χ3n) is 3.97. The molecule has 1 unspecified atom stereocenters. The van der Waals surface area contributed by atoms with Gasteiger partial charge in [-0.25, -0.2) is 0 Å². The zero-order valence-corrected chi connectivity index (χ0v) is 7.23. The Morgan fingerprint density at radius 1 is 1.25 bits per heavy atom. The Kier molecular flexibility index (Phi) is 1.15. The van der Waals surface area contributed by atoms with Gasteiger partial charge in [-0.1, -0.05) is 12.2 Å². The number of hydrogen-bond acceptors (Lipinski definition) is 2. The molecular formula is C10H14O2. The summed E-state index contributed by atoms with van der Waals surface area (Å²) in [6, 6.07) is 0. The molecule has 5 atom stereocenters. The van der Waals surface area contributed by atoms with E-state index in [2.05, 4.69) is 12.2 Å². The minimum absolute atomic E-state index is 0.356. The van der Waals surface area contributed by atoms with Gasteiger partial charge in [0.25, 0.3) is 0 Å². The fourth-order valence-corrected chi connectivity index (χ4v) is 3.33. The number of aliphatic hydroxyl groups is 1. The van der Waals surface area contributed by atoms with Crippen LogP contribution in [0.3, 0.4) is 0 Å². The molecule has 1 N–H and O–H groups in total. The maximum Gasteiger partial charge on any atom is 0.0751 e. The Balaban J connectivity index is 2.04. The molecule has 2 heteroatoms. The van der Waals surface area contributed by atoms with Crippen LogP contribution < -0.4 is 0 Å². The molecule has 2 aliphatic carbocycles. The van der Waals surface area contributed by atoms with E-state index in [0.29, 0.717) is 23.7 Å². The molecule has 1 saturated heterocycles. The standard InChI is InChI=1S/C10H14O2/c1-10(11)8-2-3-9(10)7-5-12-4-6(7)8/h2-3,6-9,11H,4-5H2,1H3/t6-,7+,8-,9+,10?. The number of fused-ring (bicyclic) bond motifs is 5. The molecular weight excluding hydrogens is 152 g/mol. The van der Waals surface area contributed by atoms with Crippen LogP contribution in [0.4, 0.5) is 0 Å². The number of hydrogen-bond donors (Lipinski definition) is 1. The predicted molar refractivity (Wildman–Crippen MR) is 44.5 cm³/mol. The van der Waals surface area contributed by atoms with E-state index < -0.39 is 5.60 Å². The summed E-state index contributed by atoms with van der Waals surface area (Å²) in [7, 11) is 0. The first-order valence-corrected chi connectivity index (χ1v) is 4.69. The molecule has 2 bridgehead atoms. The first kappa shape index (κ1) is 7.10. The molecule has 12 heavy (non-hydrogen) atoms. The Morgan fingerprint density at radius 3 is 2.25 bits per heavy atom. The molecule has 0 amide bonds. The van der Waals surface area contributed by atoms with Gasteiger partial charge in [-0.3, -0.25) is 0 Å². The molecule has 1 heterocycles. The molecule has 66 valence electrons. The van der Waals surface area contributed by atoms with Crippen molar-refractivity contribution in [2.24, 2.45) is 23.7 Å². The topological polar surface area (TPSA) is 29.5 Å². The van der Waals surface area contributed by atoms with Gasteiger partial charge in [-0.15, -0.1) is 0 Å². The third-order valence-corrected chi connectivity index (χ3v) is 3.97. The van der Waals surface area contributed by atoms with Crippen molar-refractivity contribution in [2.75, 3.05) is 13.2 Å². The summed E-state index contributed by atoms with van der Waals surface area (Å²) in [6.45, 7) is 3.68. The van der Waals surface area contributed by atoms with Crippen LogP contribution in [0.1, 0.15) is 6.92 Å². The highest BCUT2D eigenvalue weighted by Gasteiger charge is 2.59. The predicted octanol–water partition coefficient (Wildman–Crippen LogP) is 0.816. The molecule has 1 saturated carbocycles. The second-order valence-electron chi connectivity index (χ2n) is 4.53. The van der Waals surface area contributed by atoms with Gasteiger partial charge >= 0.3 is 0 Å². The monoisotopic (exact) mass is 166 g/mol. The van der Waals surface area contributed by atoms with Crippen molar-refractivity contribution in [2.45, 2.75) is 12.5 Å². The fraction of sp³-hybridized carbons (Fsp3) is 0.800. The van der Waals surface area contributed by atoms with Gasteiger partial charge < -0.3 is 9.84 Å². The summed E-state index contributed by atoms with van der Waals surface area (Å²) in [5, 5.41) is 10.2. The van der Waals surface area contributed by atoms with Crippen LogP contribution in [0.5, 0.6) is 0 Å². The Morgan fingerprint density at radius 2 is 1.75 bits per heavy atom. The highest BCUT2D eigenvalue weighted by atomic mass is 16.5. The lowest BCUT2D eigenvalue weighted by atomic mass is 9.86. The zero-order valence-electron chi connectivity index (χ0n) is 7.23. The Bertz CT molecular complexity index is 222. The van der Waals surface area contributed by atoms with Crippen LogP contribution in [0.15, 0.2) is 12.2 Å². The molecule has 0 aromatic carbocycles. The van der Waals surface area contributed by atoms with Crippen LogP contribution in [0.2, 0.25) is 0 Å². The molecule has 1 aliphatic heterocycles. The normalized spacial score (nSPS) is 61.2. The summed E-state index contributed by atoms with van der Waals surface area (Å²) in [6.07, 6.45) is 4.36. The van der Waals surface area contributed by atoms with E-state index in [9.17, 15) is 5.11 Å². The lowest BCUT2D eigenvalue weighted by Gasteiger charge is -2.25. The third kappa shape index (κ3) is 0.603. The van der Waals surface area contributed by atoms with Crippen molar-refractivity contribution >= 4 is 0 Å². The van der Waals surface area contributed by atoms with Gasteiger partial charge in [0, 0.05) is 11.8 Å². The lowest BCUT2D eigenvalue weighted by molar-refractivity contribution is -0.00256. The smallest absolute Gasteiger partial charge is 0.0751 e. The van der Waals surface area contributed by atoms with Crippen molar-refractivity contribution in [1.29, 1.82) is 0 Å². The van der Waals surface area contributed by atoms with Crippen LogP contribution in [0.25, 0.3) is 0 Å². The van der Waals surface area contributed by atoms with E-state index in [4.69, 9.17) is 4.74 Å². The average Bonchev–Trinajstić information content (AvgIpc) is 2.60. The molecule has 2 nitrogen and oxygen atoms in total. The summed E-state index contributed by atoms with van der Waals surface area (Å²) < 4.78 is 5.43. The first-order valence-electron chi connectivity index (χ1n) is 4.69. The number of ether oxygens (including phenoxy) is 1. The van der Waals surface area contributed by atoms with Crippen LogP contribution in [0, 0.1) is 23.7 Å². The highest BCUT2D eigenvalue weighted by Crippen LogP contribution is 2.56. The zero-order chi connectivity index (χ0) is 8.34. The van der Waals surface area contributed by atoms with E-state index in [1.807, 2.05) is 6.92 Å². The fourth-order valence-electron chi connectivity index (χ4n) is 3.33. The molecule has 2 fully saturated rings. The van der Waals surface area contributed by atoms with Crippen molar-refractivity contribution in [3.8, 4) is 0 Å². The minimum atomic E-state index is -0.473. The van der Waals surface area contributed by atoms with Crippen LogP contribution in [-0.2, 0) is 4.74 Å². The molecule has 0 spiro atoms. The maximum atomic E-state index is 10.2. The number of rotatable bonds is 0. The first-order chi connectivity index (χ1) is 5.71. The Labute approximate surface area is 72.2 Å². The van der Waals surface area contributed by atoms with Crippen LogP contribution in [-0.4, -0.2) is 23.9 Å². The molecule has 0 radical (unpaired) electrons. The second kappa shape index (κ2) is 1.94. The van der Waals surface area contributed by atoms with Crippen molar-refractivity contribution in [3.05, 3.63) is 12.2 Å². The van der Waals surface area contributed by atoms with E-state index in [1.54, 1.807) is 0 Å². The molecule has 0 aromatic heterocycles. The highest BCUT2D eigenvalue weighted by molar-refractivity contribution is 5.24. The van der Waals surface area contributed by atoms with Crippen molar-refractivity contribution in [3.63, 3.8) is 0 Å². The van der Waals surface area contributed by atoms with Gasteiger partial charge in [-0.2, -0.15) is 0 Å². The van der Waals surface area contributed by atoms with Gasteiger partial charge in [0.15, 0.2) is 0 Å². The van der Waals surface area contributed by atoms with Gasteiger partial charge in [0.2, 0.25) is 0 Å². The Hall–Kier alpha value is -0.340. The molecule has 3 aliphatic rings. The van der Waals surface area contributed by atoms with E-state index in [0.717, 1.165) is 13.2 Å². The SMILES string of the molecule is CC1(O)[C@@H]2C=C[C@H]1[C@H]1COC[C@H]12. The quantitative estimate of drug-likeness (QED) is 0.540. The maximum absolute atomic E-state index is 10.2. The summed E-state index contributed by atoms with van der Waals surface area (Å²) >= 11 is 0. The lowest BCUT2D eigenvalue weighted by Crippen LogP contribution is -2.33. The molecule has 0 aromatic rings. The van der Waals surface area contributed by atoms with Crippen molar-refractivity contribution in [1.82, 2.24) is 0 Å². The second-order valence-corrected chi connectivity index (χ2v) is 4.53. The van der Waals surface area contributed by atoms with E-state index in [-0.39, 0.29) is 0 Å². The summed E-state index contributed by atoms with van der Waals surface area (Å²) in [5.41, 5.74) is -0.473. The van der Waals surface area contributed by atoms with Gasteiger partial charge in [0.1, 0.15) is 0 Å². The summed E-state index contributed by atoms with van der Waals surface area (Å²) in [4.78, 5) is 0. The van der Waals surface area contributed by atoms with E-state index in [1.165, 1.54) is 0 Å². The van der Waals surface area contributed by atoms with Gasteiger partial charge in [-0.05, 0) is 18.8 Å². The summed E-state index contributed by atoms with van der Waals surface area (Å²) in [5.74, 6) is 1.90. The van der Waals surface area contributed by atoms with Crippen molar-refractivity contribution < 1.29 is 9.84 Å². The van der Waals surface area contributed by atoms with Gasteiger partial charge in [0.05, 0.1) is 18.8 Å². The largest absolute Gasteiger partial charge is 0.389 e. The average molecular weight is 166 g/mol. The minimum Gasteiger partial charge on any atom is -0.389 e. The van der Waals surface area contributed by atoms with E-state index >= 15 is 0 Å². The van der Waals surface area contributed by atoms with Crippen LogP contribution >= 0.6 is 0 Å².